The lowest BCUT2D eigenvalue weighted by Crippen LogP contribution is -2.47. The number of nitrogens with one attached hydrogen (secondary N) is 1. The van der Waals surface area contributed by atoms with E-state index in [1.807, 2.05) is 26.0 Å². The highest BCUT2D eigenvalue weighted by molar-refractivity contribution is 5.49. The Balaban J connectivity index is 2.18. The van der Waals surface area contributed by atoms with Gasteiger partial charge in [-0.1, -0.05) is 17.7 Å². The second-order valence-electron chi connectivity index (χ2n) is 5.35. The molecule has 0 radical (unpaired) electrons. The fourth-order valence-corrected chi connectivity index (χ4v) is 2.69. The molecule has 3 heteroatoms. The van der Waals surface area contributed by atoms with Crippen LogP contribution in [0.2, 0.25) is 0 Å². The molecule has 1 heterocycles. The fourth-order valence-electron chi connectivity index (χ4n) is 2.69. The van der Waals surface area contributed by atoms with E-state index in [4.69, 9.17) is 4.74 Å². The molecule has 1 saturated heterocycles. The van der Waals surface area contributed by atoms with Crippen LogP contribution >= 0.6 is 0 Å². The highest BCUT2D eigenvalue weighted by Gasteiger charge is 2.38. The van der Waals surface area contributed by atoms with Gasteiger partial charge in [-0.15, -0.1) is 0 Å². The van der Waals surface area contributed by atoms with E-state index in [1.165, 1.54) is 5.56 Å². The van der Waals surface area contributed by atoms with Crippen LogP contribution in [0.5, 0.6) is 0 Å². The molecule has 96 valence electrons. The first-order valence-electron chi connectivity index (χ1n) is 6.44. The first-order chi connectivity index (χ1) is 8.53. The summed E-state index contributed by atoms with van der Waals surface area (Å²) in [6.07, 6.45) is 1.68. The minimum Gasteiger partial charge on any atom is -0.375 e. The van der Waals surface area contributed by atoms with Gasteiger partial charge in [-0.05, 0) is 32.9 Å². The topological polar surface area (TPSA) is 45.0 Å². The monoisotopic (exact) mass is 244 g/mol. The predicted molar refractivity (Wildman–Crippen MR) is 72.4 cm³/mol. The second-order valence-corrected chi connectivity index (χ2v) is 5.35. The van der Waals surface area contributed by atoms with Crippen molar-refractivity contribution in [1.82, 2.24) is 0 Å². The summed E-state index contributed by atoms with van der Waals surface area (Å²) in [4.78, 5) is 0. The SMILES string of the molecule is Cc1ccc(NC2(C#N)CC(C)OC(C)C2)cc1. The van der Waals surface area contributed by atoms with Gasteiger partial charge < -0.3 is 10.1 Å². The second kappa shape index (κ2) is 4.99. The number of hydrogen-bond acceptors (Lipinski definition) is 3. The van der Waals surface area contributed by atoms with Crippen molar-refractivity contribution in [3.05, 3.63) is 29.8 Å². The summed E-state index contributed by atoms with van der Waals surface area (Å²) in [5.74, 6) is 0. The summed E-state index contributed by atoms with van der Waals surface area (Å²) in [7, 11) is 0. The maximum Gasteiger partial charge on any atom is 0.130 e. The van der Waals surface area contributed by atoms with Gasteiger partial charge in [-0.25, -0.2) is 0 Å². The molecular formula is C15H20N2O. The number of anilines is 1. The molecule has 1 aliphatic rings. The van der Waals surface area contributed by atoms with Gasteiger partial charge in [0.15, 0.2) is 0 Å². The van der Waals surface area contributed by atoms with Crippen LogP contribution in [0.3, 0.4) is 0 Å². The largest absolute Gasteiger partial charge is 0.375 e. The van der Waals surface area contributed by atoms with Crippen molar-refractivity contribution in [1.29, 1.82) is 5.26 Å². The predicted octanol–water partition coefficient (Wildman–Crippen LogP) is 3.26. The van der Waals surface area contributed by atoms with E-state index < -0.39 is 5.54 Å². The van der Waals surface area contributed by atoms with Crippen LogP contribution in [0.15, 0.2) is 24.3 Å². The lowest BCUT2D eigenvalue weighted by molar-refractivity contribution is -0.0451. The summed E-state index contributed by atoms with van der Waals surface area (Å²) in [5, 5.41) is 12.9. The molecule has 1 aromatic carbocycles. The Bertz CT molecular complexity index is 437. The molecule has 2 rings (SSSR count). The highest BCUT2D eigenvalue weighted by Crippen LogP contribution is 2.31. The summed E-state index contributed by atoms with van der Waals surface area (Å²) in [6.45, 7) is 6.11. The van der Waals surface area contributed by atoms with E-state index in [0.717, 1.165) is 18.5 Å². The molecule has 0 amide bonds. The minimum absolute atomic E-state index is 0.117. The standard InChI is InChI=1S/C15H20N2O/c1-11-4-6-14(7-5-11)17-15(10-16)8-12(2)18-13(3)9-15/h4-7,12-13,17H,8-9H2,1-3H3. The van der Waals surface area contributed by atoms with Gasteiger partial charge in [0.1, 0.15) is 5.54 Å². The fraction of sp³-hybridized carbons (Fsp3) is 0.533. The molecule has 0 aromatic heterocycles. The average molecular weight is 244 g/mol. The molecule has 1 aromatic rings. The summed E-state index contributed by atoms with van der Waals surface area (Å²) in [5.41, 5.74) is 1.72. The molecule has 3 nitrogen and oxygen atoms in total. The van der Waals surface area contributed by atoms with Crippen molar-refractivity contribution in [2.24, 2.45) is 0 Å². The van der Waals surface area contributed by atoms with Crippen molar-refractivity contribution >= 4 is 5.69 Å². The van der Waals surface area contributed by atoms with Gasteiger partial charge in [0.05, 0.1) is 18.3 Å². The Labute approximate surface area is 109 Å². The zero-order valence-corrected chi connectivity index (χ0v) is 11.2. The molecule has 1 fully saturated rings. The zero-order chi connectivity index (χ0) is 13.2. The van der Waals surface area contributed by atoms with Crippen LogP contribution in [0.25, 0.3) is 0 Å². The van der Waals surface area contributed by atoms with Gasteiger partial charge in [0.25, 0.3) is 0 Å². The first kappa shape index (κ1) is 12.9. The van der Waals surface area contributed by atoms with Crippen LogP contribution in [0, 0.1) is 18.3 Å². The molecule has 1 N–H and O–H groups in total. The van der Waals surface area contributed by atoms with E-state index in [2.05, 4.69) is 30.4 Å². The molecule has 0 saturated carbocycles. The van der Waals surface area contributed by atoms with Gasteiger partial charge in [-0.2, -0.15) is 5.26 Å². The quantitative estimate of drug-likeness (QED) is 0.868. The van der Waals surface area contributed by atoms with Crippen molar-refractivity contribution in [3.8, 4) is 6.07 Å². The molecule has 18 heavy (non-hydrogen) atoms. The van der Waals surface area contributed by atoms with Gasteiger partial charge >= 0.3 is 0 Å². The number of benzene rings is 1. The maximum atomic E-state index is 9.52. The summed E-state index contributed by atoms with van der Waals surface area (Å²) in [6, 6.07) is 10.6. The number of ether oxygens (including phenoxy) is 1. The highest BCUT2D eigenvalue weighted by atomic mass is 16.5. The van der Waals surface area contributed by atoms with Gasteiger partial charge in [0.2, 0.25) is 0 Å². The van der Waals surface area contributed by atoms with Crippen molar-refractivity contribution in [3.63, 3.8) is 0 Å². The number of aryl methyl sites for hydroxylation is 1. The Kier molecular flexibility index (Phi) is 3.58. The Morgan fingerprint density at radius 1 is 1.22 bits per heavy atom. The third-order valence-electron chi connectivity index (χ3n) is 3.39. The molecule has 1 aliphatic heterocycles. The molecule has 0 bridgehead atoms. The average Bonchev–Trinajstić information content (AvgIpc) is 2.31. The van der Waals surface area contributed by atoms with E-state index in [0.29, 0.717) is 0 Å². The van der Waals surface area contributed by atoms with Crippen LogP contribution in [0.4, 0.5) is 5.69 Å². The number of nitrogens with zero attached hydrogens (tertiary/aromatic N) is 1. The Hall–Kier alpha value is -1.53. The van der Waals surface area contributed by atoms with Crippen LogP contribution in [0.1, 0.15) is 32.3 Å². The normalized spacial score (nSPS) is 31.7. The van der Waals surface area contributed by atoms with Crippen LogP contribution in [-0.2, 0) is 4.74 Å². The zero-order valence-electron chi connectivity index (χ0n) is 11.2. The maximum absolute atomic E-state index is 9.52. The molecule has 2 unspecified atom stereocenters. The minimum atomic E-state index is -0.508. The number of hydrogen-bond donors (Lipinski definition) is 1. The smallest absolute Gasteiger partial charge is 0.130 e. The van der Waals surface area contributed by atoms with Crippen LogP contribution in [-0.4, -0.2) is 17.7 Å². The third-order valence-corrected chi connectivity index (χ3v) is 3.39. The summed E-state index contributed by atoms with van der Waals surface area (Å²) < 4.78 is 5.71. The van der Waals surface area contributed by atoms with E-state index >= 15 is 0 Å². The first-order valence-corrected chi connectivity index (χ1v) is 6.44. The Morgan fingerprint density at radius 3 is 2.28 bits per heavy atom. The number of nitriles is 1. The number of rotatable bonds is 2. The van der Waals surface area contributed by atoms with Crippen molar-refractivity contribution in [2.45, 2.75) is 51.4 Å². The van der Waals surface area contributed by atoms with Crippen LogP contribution < -0.4 is 5.32 Å². The molecule has 2 atom stereocenters. The van der Waals surface area contributed by atoms with Crippen molar-refractivity contribution in [2.75, 3.05) is 5.32 Å². The van der Waals surface area contributed by atoms with E-state index in [-0.39, 0.29) is 12.2 Å². The van der Waals surface area contributed by atoms with Gasteiger partial charge in [0, 0.05) is 18.5 Å². The summed E-state index contributed by atoms with van der Waals surface area (Å²) >= 11 is 0. The van der Waals surface area contributed by atoms with E-state index in [1.54, 1.807) is 0 Å². The lowest BCUT2D eigenvalue weighted by Gasteiger charge is -2.39. The molecule has 0 spiro atoms. The molecular weight excluding hydrogens is 224 g/mol. The van der Waals surface area contributed by atoms with Crippen molar-refractivity contribution < 1.29 is 4.74 Å². The molecule has 0 aliphatic carbocycles. The van der Waals surface area contributed by atoms with Gasteiger partial charge in [-0.3, -0.25) is 0 Å². The lowest BCUT2D eigenvalue weighted by atomic mass is 9.85. The van der Waals surface area contributed by atoms with E-state index in [9.17, 15) is 5.26 Å². The third kappa shape index (κ3) is 2.83. The Morgan fingerprint density at radius 2 is 1.78 bits per heavy atom.